The first-order valence-corrected chi connectivity index (χ1v) is 7.99. The van der Waals surface area contributed by atoms with Crippen LogP contribution in [0.25, 0.3) is 0 Å². The lowest BCUT2D eigenvalue weighted by atomic mass is 10.2. The van der Waals surface area contributed by atoms with Crippen molar-refractivity contribution in [1.82, 2.24) is 4.72 Å². The van der Waals surface area contributed by atoms with Gasteiger partial charge in [0, 0.05) is 19.0 Å². The van der Waals surface area contributed by atoms with Crippen molar-refractivity contribution in [2.45, 2.75) is 37.6 Å². The molecule has 0 aliphatic heterocycles. The van der Waals surface area contributed by atoms with Crippen LogP contribution in [0.15, 0.2) is 29.2 Å². The largest absolute Gasteiger partial charge is 0.328 e. The SMILES string of the molecule is CCNS(=O)(=O)c1ccccc1NC(=O)CCC(C)N. The van der Waals surface area contributed by atoms with E-state index in [1.165, 1.54) is 6.07 Å². The Kier molecular flexibility index (Phi) is 6.12. The van der Waals surface area contributed by atoms with Crippen molar-refractivity contribution in [2.75, 3.05) is 11.9 Å². The van der Waals surface area contributed by atoms with Gasteiger partial charge in [0.1, 0.15) is 4.90 Å². The molecule has 1 amide bonds. The number of hydrogen-bond acceptors (Lipinski definition) is 4. The highest BCUT2D eigenvalue weighted by molar-refractivity contribution is 7.89. The van der Waals surface area contributed by atoms with Crippen LogP contribution in [0, 0.1) is 0 Å². The van der Waals surface area contributed by atoms with Crippen molar-refractivity contribution in [3.8, 4) is 0 Å². The number of rotatable bonds is 7. The van der Waals surface area contributed by atoms with Crippen molar-refractivity contribution >= 4 is 21.6 Å². The second kappa shape index (κ2) is 7.37. The second-order valence-corrected chi connectivity index (χ2v) is 6.30. The van der Waals surface area contributed by atoms with Crippen LogP contribution in [0.5, 0.6) is 0 Å². The van der Waals surface area contributed by atoms with E-state index >= 15 is 0 Å². The van der Waals surface area contributed by atoms with Gasteiger partial charge in [0.15, 0.2) is 0 Å². The van der Waals surface area contributed by atoms with Crippen LogP contribution < -0.4 is 15.8 Å². The monoisotopic (exact) mass is 299 g/mol. The Morgan fingerprint density at radius 2 is 2.00 bits per heavy atom. The molecule has 7 heteroatoms. The van der Waals surface area contributed by atoms with Crippen LogP contribution in [0.2, 0.25) is 0 Å². The van der Waals surface area contributed by atoms with Crippen molar-refractivity contribution in [3.05, 3.63) is 24.3 Å². The summed E-state index contributed by atoms with van der Waals surface area (Å²) in [7, 11) is -3.61. The number of nitrogens with two attached hydrogens (primary N) is 1. The molecular formula is C13H21N3O3S. The number of benzene rings is 1. The normalized spacial score (nSPS) is 12.9. The molecule has 1 atom stereocenters. The molecule has 0 bridgehead atoms. The smallest absolute Gasteiger partial charge is 0.242 e. The summed E-state index contributed by atoms with van der Waals surface area (Å²) in [5, 5.41) is 2.62. The van der Waals surface area contributed by atoms with Gasteiger partial charge in [0.25, 0.3) is 0 Å². The molecule has 0 aromatic heterocycles. The Labute approximate surface area is 119 Å². The van der Waals surface area contributed by atoms with Gasteiger partial charge < -0.3 is 11.1 Å². The van der Waals surface area contributed by atoms with Gasteiger partial charge in [-0.2, -0.15) is 0 Å². The van der Waals surface area contributed by atoms with Crippen molar-refractivity contribution in [3.63, 3.8) is 0 Å². The van der Waals surface area contributed by atoms with Gasteiger partial charge in [-0.3, -0.25) is 4.79 Å². The van der Waals surface area contributed by atoms with E-state index in [1.54, 1.807) is 25.1 Å². The van der Waals surface area contributed by atoms with Gasteiger partial charge >= 0.3 is 0 Å². The highest BCUT2D eigenvalue weighted by Crippen LogP contribution is 2.20. The Bertz CT molecular complexity index is 556. The summed E-state index contributed by atoms with van der Waals surface area (Å²) in [5.41, 5.74) is 5.87. The van der Waals surface area contributed by atoms with Gasteiger partial charge in [-0.05, 0) is 25.5 Å². The molecule has 0 radical (unpaired) electrons. The molecule has 0 aliphatic carbocycles. The lowest BCUT2D eigenvalue weighted by Gasteiger charge is -2.12. The zero-order valence-electron chi connectivity index (χ0n) is 11.7. The van der Waals surface area contributed by atoms with E-state index in [0.29, 0.717) is 6.42 Å². The quantitative estimate of drug-likeness (QED) is 0.700. The number of nitrogens with one attached hydrogen (secondary N) is 2. The first-order chi connectivity index (χ1) is 9.36. The van der Waals surface area contributed by atoms with Crippen LogP contribution in [0.4, 0.5) is 5.69 Å². The van der Waals surface area contributed by atoms with E-state index in [-0.39, 0.29) is 35.5 Å². The third kappa shape index (κ3) is 4.92. The number of hydrogen-bond donors (Lipinski definition) is 3. The summed E-state index contributed by atoms with van der Waals surface area (Å²) in [6, 6.07) is 6.24. The first-order valence-electron chi connectivity index (χ1n) is 6.51. The Balaban J connectivity index is 2.89. The summed E-state index contributed by atoms with van der Waals surface area (Å²) < 4.78 is 26.4. The van der Waals surface area contributed by atoms with E-state index in [2.05, 4.69) is 10.0 Å². The van der Waals surface area contributed by atoms with E-state index in [9.17, 15) is 13.2 Å². The van der Waals surface area contributed by atoms with Gasteiger partial charge in [0.05, 0.1) is 5.69 Å². The molecule has 6 nitrogen and oxygen atoms in total. The van der Waals surface area contributed by atoms with Crippen molar-refractivity contribution < 1.29 is 13.2 Å². The van der Waals surface area contributed by atoms with Gasteiger partial charge in [-0.25, -0.2) is 13.1 Å². The van der Waals surface area contributed by atoms with Gasteiger partial charge in [-0.1, -0.05) is 19.1 Å². The fourth-order valence-corrected chi connectivity index (χ4v) is 2.85. The van der Waals surface area contributed by atoms with Crippen molar-refractivity contribution in [1.29, 1.82) is 0 Å². The summed E-state index contributed by atoms with van der Waals surface area (Å²) in [5.74, 6) is -0.249. The third-order valence-corrected chi connectivity index (χ3v) is 4.22. The summed E-state index contributed by atoms with van der Waals surface area (Å²) in [6.07, 6.45) is 0.807. The molecule has 112 valence electrons. The predicted octanol–water partition coefficient (Wildman–Crippen LogP) is 1.05. The molecule has 4 N–H and O–H groups in total. The first kappa shape index (κ1) is 16.6. The molecule has 0 saturated carbocycles. The minimum absolute atomic E-state index is 0.0657. The number of carbonyl (C=O) groups excluding carboxylic acids is 1. The highest BCUT2D eigenvalue weighted by atomic mass is 32.2. The summed E-state index contributed by atoms with van der Waals surface area (Å²) in [6.45, 7) is 3.80. The van der Waals surface area contributed by atoms with E-state index < -0.39 is 10.0 Å². The summed E-state index contributed by atoms with van der Waals surface area (Å²) in [4.78, 5) is 11.8. The molecule has 1 aromatic carbocycles. The minimum Gasteiger partial charge on any atom is -0.328 e. The predicted molar refractivity (Wildman–Crippen MR) is 78.8 cm³/mol. The zero-order valence-corrected chi connectivity index (χ0v) is 12.5. The van der Waals surface area contributed by atoms with Gasteiger partial charge in [0.2, 0.25) is 15.9 Å². The van der Waals surface area contributed by atoms with Crippen LogP contribution in [-0.4, -0.2) is 26.9 Å². The molecule has 1 aromatic rings. The van der Waals surface area contributed by atoms with E-state index in [4.69, 9.17) is 5.73 Å². The standard InChI is InChI=1S/C13H21N3O3S/c1-3-15-20(18,19)12-7-5-4-6-11(12)16-13(17)9-8-10(2)14/h4-7,10,15H,3,8-9,14H2,1-2H3,(H,16,17). The van der Waals surface area contributed by atoms with Crippen LogP contribution in [-0.2, 0) is 14.8 Å². The average molecular weight is 299 g/mol. The fraction of sp³-hybridized carbons (Fsp3) is 0.462. The molecule has 0 saturated heterocycles. The minimum atomic E-state index is -3.61. The Hall–Kier alpha value is -1.44. The van der Waals surface area contributed by atoms with E-state index in [0.717, 1.165) is 0 Å². The second-order valence-electron chi connectivity index (χ2n) is 4.56. The molecule has 0 heterocycles. The average Bonchev–Trinajstić information content (AvgIpc) is 2.37. The number of amides is 1. The molecule has 20 heavy (non-hydrogen) atoms. The Morgan fingerprint density at radius 3 is 2.60 bits per heavy atom. The number of carbonyl (C=O) groups is 1. The molecule has 0 spiro atoms. The number of para-hydroxylation sites is 1. The van der Waals surface area contributed by atoms with Gasteiger partial charge in [-0.15, -0.1) is 0 Å². The maximum Gasteiger partial charge on any atom is 0.242 e. The molecule has 1 rings (SSSR count). The third-order valence-electron chi connectivity index (χ3n) is 2.61. The summed E-state index contributed by atoms with van der Waals surface area (Å²) >= 11 is 0. The lowest BCUT2D eigenvalue weighted by Crippen LogP contribution is -2.25. The van der Waals surface area contributed by atoms with E-state index in [1.807, 2.05) is 6.92 Å². The molecule has 0 aliphatic rings. The van der Waals surface area contributed by atoms with Crippen molar-refractivity contribution in [2.24, 2.45) is 5.73 Å². The molecule has 1 unspecified atom stereocenters. The topological polar surface area (TPSA) is 101 Å². The maximum absolute atomic E-state index is 12.0. The number of anilines is 1. The highest BCUT2D eigenvalue weighted by Gasteiger charge is 2.18. The molecule has 0 fully saturated rings. The molecular weight excluding hydrogens is 278 g/mol. The van der Waals surface area contributed by atoms with Crippen LogP contribution in [0.1, 0.15) is 26.7 Å². The fourth-order valence-electron chi connectivity index (χ4n) is 1.64. The zero-order chi connectivity index (χ0) is 15.2. The number of sulfonamides is 1. The van der Waals surface area contributed by atoms with Crippen LogP contribution in [0.3, 0.4) is 0 Å². The Morgan fingerprint density at radius 1 is 1.35 bits per heavy atom. The van der Waals surface area contributed by atoms with Crippen LogP contribution >= 0.6 is 0 Å². The maximum atomic E-state index is 12.0. The lowest BCUT2D eigenvalue weighted by molar-refractivity contribution is -0.116.